The number of hydrogen-bond acceptors (Lipinski definition) is 0. The summed E-state index contributed by atoms with van der Waals surface area (Å²) in [5, 5.41) is 5.46. The second kappa shape index (κ2) is 14.6. The zero-order valence-corrected chi connectivity index (χ0v) is 27.0. The normalized spacial score (nSPS) is 14.1. The van der Waals surface area contributed by atoms with Crippen molar-refractivity contribution in [3.8, 4) is 0 Å². The maximum absolute atomic E-state index is 3.52. The molecule has 1 aliphatic carbocycles. The molecule has 0 fully saturated rings. The van der Waals surface area contributed by atoms with Crippen LogP contribution in [0, 0.1) is 25.8 Å². The van der Waals surface area contributed by atoms with Gasteiger partial charge in [0.05, 0.1) is 0 Å². The number of hydrogen-bond donors (Lipinski definition) is 0. The van der Waals surface area contributed by atoms with Crippen LogP contribution >= 0.6 is 0 Å². The molecule has 6 rings (SSSR count). The van der Waals surface area contributed by atoms with Gasteiger partial charge in [-0.05, 0) is 13.8 Å². The fourth-order valence-corrected chi connectivity index (χ4v) is 6.04. The van der Waals surface area contributed by atoms with E-state index in [4.69, 9.17) is 0 Å². The number of fused-ring (bicyclic) bond motifs is 3. The van der Waals surface area contributed by atoms with Crippen molar-refractivity contribution in [2.75, 3.05) is 0 Å². The summed E-state index contributed by atoms with van der Waals surface area (Å²) in [6, 6.07) is 36.7. The van der Waals surface area contributed by atoms with Crippen molar-refractivity contribution in [2.24, 2.45) is 5.92 Å². The quantitative estimate of drug-likeness (QED) is 0.176. The SMILES string of the molecule is CCC1=[C-]C(CC)C=C1CC.Cc1ccc2c(c1)[cH-]c1cc(C)ccc12.[Zr+2]=[C](c1ccccc1)c1ccccc1. The van der Waals surface area contributed by atoms with Gasteiger partial charge in [0.15, 0.2) is 0 Å². The van der Waals surface area contributed by atoms with Crippen molar-refractivity contribution in [3.63, 3.8) is 0 Å². The van der Waals surface area contributed by atoms with Crippen LogP contribution in [0.25, 0.3) is 21.5 Å². The van der Waals surface area contributed by atoms with Gasteiger partial charge in [-0.25, -0.2) is 5.57 Å². The van der Waals surface area contributed by atoms with E-state index < -0.39 is 0 Å². The first kappa shape index (κ1) is 30.0. The van der Waals surface area contributed by atoms with Crippen molar-refractivity contribution in [1.29, 1.82) is 0 Å². The van der Waals surface area contributed by atoms with E-state index in [1.807, 2.05) is 0 Å². The molecule has 0 bridgehead atoms. The zero-order chi connectivity index (χ0) is 28.5. The summed E-state index contributed by atoms with van der Waals surface area (Å²) in [5.74, 6) is 0.611. The maximum atomic E-state index is 3.52. The Labute approximate surface area is 256 Å². The molecule has 0 spiro atoms. The second-order valence-corrected chi connectivity index (χ2v) is 11.7. The molecule has 0 saturated heterocycles. The predicted molar refractivity (Wildman–Crippen MR) is 172 cm³/mol. The number of allylic oxidation sites excluding steroid dienone is 4. The van der Waals surface area contributed by atoms with E-state index in [1.54, 1.807) is 0 Å². The summed E-state index contributed by atoms with van der Waals surface area (Å²) in [4.78, 5) is 0. The molecule has 0 heterocycles. The molecular weight excluding hydrogens is 560 g/mol. The first-order chi connectivity index (χ1) is 19.4. The van der Waals surface area contributed by atoms with Gasteiger partial charge in [0.1, 0.15) is 0 Å². The second-order valence-electron chi connectivity index (χ2n) is 10.5. The first-order valence-corrected chi connectivity index (χ1v) is 15.8. The molecule has 5 aromatic carbocycles. The molecule has 0 nitrogen and oxygen atoms in total. The molecule has 200 valence electrons. The van der Waals surface area contributed by atoms with Gasteiger partial charge in [-0.2, -0.15) is 11.6 Å². The third-order valence-corrected chi connectivity index (χ3v) is 8.88. The van der Waals surface area contributed by atoms with Crippen LogP contribution in [0.5, 0.6) is 0 Å². The molecule has 0 N–H and O–H groups in total. The van der Waals surface area contributed by atoms with E-state index >= 15 is 0 Å². The third kappa shape index (κ3) is 7.58. The summed E-state index contributed by atoms with van der Waals surface area (Å²) in [6.07, 6.45) is 9.41. The van der Waals surface area contributed by atoms with Gasteiger partial charge in [0.25, 0.3) is 0 Å². The Bertz CT molecular complexity index is 1500. The summed E-state index contributed by atoms with van der Waals surface area (Å²) in [6.45, 7) is 10.9. The van der Waals surface area contributed by atoms with Gasteiger partial charge in [-0.15, -0.1) is 39.7 Å². The fraction of sp³-hybridized carbons (Fsp3) is 0.231. The number of rotatable bonds is 5. The van der Waals surface area contributed by atoms with E-state index in [-0.39, 0.29) is 0 Å². The van der Waals surface area contributed by atoms with Crippen molar-refractivity contribution in [2.45, 2.75) is 53.9 Å². The average Bonchev–Trinajstić information content (AvgIpc) is 3.58. The molecule has 0 radical (unpaired) electrons. The minimum absolute atomic E-state index is 0.611. The molecule has 40 heavy (non-hydrogen) atoms. The van der Waals surface area contributed by atoms with Gasteiger partial charge in [-0.1, -0.05) is 81.3 Å². The molecule has 1 atom stereocenters. The summed E-state index contributed by atoms with van der Waals surface area (Å²) in [7, 11) is 0. The van der Waals surface area contributed by atoms with Crippen LogP contribution in [-0.2, 0) is 24.2 Å². The van der Waals surface area contributed by atoms with Crippen molar-refractivity contribution >= 4 is 24.8 Å². The van der Waals surface area contributed by atoms with Crippen LogP contribution in [-0.4, -0.2) is 3.21 Å². The van der Waals surface area contributed by atoms with Crippen LogP contribution < -0.4 is 0 Å². The summed E-state index contributed by atoms with van der Waals surface area (Å²) >= 11 is 1.46. The Hall–Kier alpha value is -3.02. The minimum atomic E-state index is 0.611. The van der Waals surface area contributed by atoms with Gasteiger partial charge >= 0.3 is 99.2 Å². The molecule has 1 heteroatoms. The predicted octanol–water partition coefficient (Wildman–Crippen LogP) is 10.6. The Morgan fingerprint density at radius 2 is 1.20 bits per heavy atom. The molecule has 0 amide bonds. The first-order valence-electron chi connectivity index (χ1n) is 14.5. The Balaban J connectivity index is 0.000000141. The van der Waals surface area contributed by atoms with Crippen LogP contribution in [0.1, 0.15) is 62.3 Å². The van der Waals surface area contributed by atoms with E-state index in [9.17, 15) is 0 Å². The van der Waals surface area contributed by atoms with Gasteiger partial charge in [0.2, 0.25) is 0 Å². The molecular formula is C39H40Zr. The van der Waals surface area contributed by atoms with Gasteiger partial charge in [0, 0.05) is 0 Å². The van der Waals surface area contributed by atoms with E-state index in [0.29, 0.717) is 5.92 Å². The van der Waals surface area contributed by atoms with Crippen LogP contribution in [0.2, 0.25) is 0 Å². The third-order valence-electron chi connectivity index (χ3n) is 7.46. The van der Waals surface area contributed by atoms with E-state index in [2.05, 4.69) is 150 Å². The molecule has 0 aromatic heterocycles. The molecule has 1 aliphatic rings. The number of benzene rings is 4. The van der Waals surface area contributed by atoms with Crippen molar-refractivity contribution < 1.29 is 24.2 Å². The van der Waals surface area contributed by atoms with Gasteiger partial charge in [-0.3, -0.25) is 6.08 Å². The Morgan fingerprint density at radius 3 is 1.60 bits per heavy atom. The topological polar surface area (TPSA) is 0 Å². The van der Waals surface area contributed by atoms with Crippen LogP contribution in [0.15, 0.2) is 120 Å². The van der Waals surface area contributed by atoms with Crippen molar-refractivity contribution in [3.05, 3.63) is 149 Å². The van der Waals surface area contributed by atoms with Crippen LogP contribution in [0.4, 0.5) is 0 Å². The summed E-state index contributed by atoms with van der Waals surface area (Å²) in [5.41, 5.74) is 8.30. The van der Waals surface area contributed by atoms with Crippen LogP contribution in [0.3, 0.4) is 0 Å². The Morgan fingerprint density at radius 1 is 0.700 bits per heavy atom. The summed E-state index contributed by atoms with van der Waals surface area (Å²) < 4.78 is 1.42. The molecule has 5 aromatic rings. The molecule has 0 aliphatic heterocycles. The fourth-order valence-electron chi connectivity index (χ4n) is 5.22. The van der Waals surface area contributed by atoms with Crippen molar-refractivity contribution in [1.82, 2.24) is 0 Å². The van der Waals surface area contributed by atoms with E-state index in [1.165, 1.54) is 95.2 Å². The van der Waals surface area contributed by atoms with Gasteiger partial charge < -0.3 is 0 Å². The number of aryl methyl sites for hydroxylation is 2. The molecule has 0 saturated carbocycles. The van der Waals surface area contributed by atoms with E-state index in [0.717, 1.165) is 6.42 Å². The zero-order valence-electron chi connectivity index (χ0n) is 24.6. The standard InChI is InChI=1S/C15H13.C13H10.C11H17.Zr/c1-10-3-5-14-12(7-10)9-13-8-11(2)4-6-15(13)14;1-3-7-12(8-4-1)11-13-9-5-2-6-10-13;1-4-9-7-10(5-2)11(6-3)8-9;/h3-9H,1-2H3;1-10H;7,9H,4-6H2,1-3H3;/q-1;;-1;+2. The monoisotopic (exact) mass is 598 g/mol. The Kier molecular flexibility index (Phi) is 10.9. The average molecular weight is 600 g/mol. The molecule has 1 unspecified atom stereocenters.